The van der Waals surface area contributed by atoms with E-state index in [0.717, 1.165) is 12.3 Å². The van der Waals surface area contributed by atoms with E-state index in [1.54, 1.807) is 0 Å². The first kappa shape index (κ1) is 16.2. The Hall–Kier alpha value is 0.140. The highest BCUT2D eigenvalue weighted by Crippen LogP contribution is 2.28. The van der Waals surface area contributed by atoms with Gasteiger partial charge in [-0.15, -0.1) is 11.3 Å². The summed E-state index contributed by atoms with van der Waals surface area (Å²) in [5.41, 5.74) is 0.434. The lowest BCUT2D eigenvalue weighted by molar-refractivity contribution is 0.277. The van der Waals surface area contributed by atoms with Gasteiger partial charge in [-0.05, 0) is 65.7 Å². The molecule has 1 nitrogen and oxygen atoms in total. The van der Waals surface area contributed by atoms with Gasteiger partial charge in [0, 0.05) is 10.9 Å². The third-order valence-corrected chi connectivity index (χ3v) is 4.78. The average molecular weight is 332 g/mol. The standard InChI is InChI=1S/C15H26BrNS/c1-11(10-15(2,3)4)8-12(17-5)9-13-6-7-14(16)18-13/h6-7,11-12,17H,8-10H2,1-5H3. The Kier molecular flexibility index (Phi) is 6.36. The lowest BCUT2D eigenvalue weighted by Crippen LogP contribution is -2.30. The molecule has 0 saturated heterocycles. The van der Waals surface area contributed by atoms with E-state index >= 15 is 0 Å². The van der Waals surface area contributed by atoms with Gasteiger partial charge in [0.1, 0.15) is 0 Å². The first-order valence-corrected chi connectivity index (χ1v) is 8.32. The van der Waals surface area contributed by atoms with Crippen molar-refractivity contribution in [1.29, 1.82) is 0 Å². The van der Waals surface area contributed by atoms with Crippen LogP contribution >= 0.6 is 27.3 Å². The minimum absolute atomic E-state index is 0.434. The van der Waals surface area contributed by atoms with Crippen LogP contribution in [0.3, 0.4) is 0 Å². The van der Waals surface area contributed by atoms with Crippen molar-refractivity contribution in [3.8, 4) is 0 Å². The molecule has 0 aliphatic heterocycles. The summed E-state index contributed by atoms with van der Waals surface area (Å²) in [6, 6.07) is 4.96. The van der Waals surface area contributed by atoms with Crippen molar-refractivity contribution in [1.82, 2.24) is 5.32 Å². The zero-order valence-electron chi connectivity index (χ0n) is 12.2. The molecule has 0 bridgehead atoms. The van der Waals surface area contributed by atoms with Gasteiger partial charge in [0.25, 0.3) is 0 Å². The molecule has 0 spiro atoms. The highest BCUT2D eigenvalue weighted by Gasteiger charge is 2.19. The van der Waals surface area contributed by atoms with E-state index in [1.165, 1.54) is 21.5 Å². The fraction of sp³-hybridized carbons (Fsp3) is 0.733. The summed E-state index contributed by atoms with van der Waals surface area (Å²) in [6.07, 6.45) is 3.68. The van der Waals surface area contributed by atoms with Gasteiger partial charge in [0.2, 0.25) is 0 Å². The third kappa shape index (κ3) is 6.35. The molecule has 1 heterocycles. The first-order chi connectivity index (χ1) is 8.30. The predicted molar refractivity (Wildman–Crippen MR) is 86.4 cm³/mol. The van der Waals surface area contributed by atoms with Crippen molar-refractivity contribution in [3.05, 3.63) is 20.8 Å². The summed E-state index contributed by atoms with van der Waals surface area (Å²) in [6.45, 7) is 9.36. The molecule has 0 aromatic carbocycles. The van der Waals surface area contributed by atoms with Gasteiger partial charge in [0.05, 0.1) is 3.79 Å². The van der Waals surface area contributed by atoms with E-state index in [0.29, 0.717) is 11.5 Å². The Morgan fingerprint density at radius 2 is 2.00 bits per heavy atom. The second-order valence-electron chi connectivity index (χ2n) is 6.50. The molecule has 2 atom stereocenters. The molecule has 0 aliphatic carbocycles. The zero-order chi connectivity index (χ0) is 13.8. The van der Waals surface area contributed by atoms with Crippen molar-refractivity contribution in [2.24, 2.45) is 11.3 Å². The van der Waals surface area contributed by atoms with Crippen molar-refractivity contribution in [3.63, 3.8) is 0 Å². The summed E-state index contributed by atoms with van der Waals surface area (Å²) in [5, 5.41) is 3.47. The monoisotopic (exact) mass is 331 g/mol. The maximum atomic E-state index is 3.53. The van der Waals surface area contributed by atoms with Crippen LogP contribution in [-0.2, 0) is 6.42 Å². The second-order valence-corrected chi connectivity index (χ2v) is 9.05. The van der Waals surface area contributed by atoms with Crippen molar-refractivity contribution in [2.45, 2.75) is 53.0 Å². The molecule has 1 aromatic rings. The van der Waals surface area contributed by atoms with E-state index in [1.807, 2.05) is 11.3 Å². The third-order valence-electron chi connectivity index (χ3n) is 3.13. The highest BCUT2D eigenvalue weighted by molar-refractivity contribution is 9.11. The van der Waals surface area contributed by atoms with E-state index in [-0.39, 0.29) is 0 Å². The number of nitrogens with one attached hydrogen (secondary N) is 1. The van der Waals surface area contributed by atoms with Crippen LogP contribution in [0.2, 0.25) is 0 Å². The summed E-state index contributed by atoms with van der Waals surface area (Å²) in [4.78, 5) is 1.46. The summed E-state index contributed by atoms with van der Waals surface area (Å²) < 4.78 is 1.23. The maximum absolute atomic E-state index is 3.53. The van der Waals surface area contributed by atoms with Gasteiger partial charge >= 0.3 is 0 Å². The van der Waals surface area contributed by atoms with Crippen LogP contribution in [0.1, 0.15) is 45.4 Å². The lowest BCUT2D eigenvalue weighted by atomic mass is 9.82. The summed E-state index contributed by atoms with van der Waals surface area (Å²) in [5.74, 6) is 0.769. The SMILES string of the molecule is CNC(Cc1ccc(Br)s1)CC(C)CC(C)(C)C. The second kappa shape index (κ2) is 7.06. The van der Waals surface area contributed by atoms with Crippen molar-refractivity contribution < 1.29 is 0 Å². The Balaban J connectivity index is 2.46. The van der Waals surface area contributed by atoms with Crippen LogP contribution in [0.4, 0.5) is 0 Å². The average Bonchev–Trinajstić information content (AvgIpc) is 2.60. The molecule has 1 aromatic heterocycles. The first-order valence-electron chi connectivity index (χ1n) is 6.71. The molecule has 0 aliphatic rings. The largest absolute Gasteiger partial charge is 0.317 e. The van der Waals surface area contributed by atoms with Crippen LogP contribution in [0, 0.1) is 11.3 Å². The number of halogens is 1. The fourth-order valence-corrected chi connectivity index (χ4v) is 4.19. The molecule has 104 valence electrons. The van der Waals surface area contributed by atoms with Crippen LogP contribution in [0.15, 0.2) is 15.9 Å². The fourth-order valence-electron chi connectivity index (χ4n) is 2.62. The molecular weight excluding hydrogens is 306 g/mol. The van der Waals surface area contributed by atoms with Crippen molar-refractivity contribution >= 4 is 27.3 Å². The Morgan fingerprint density at radius 3 is 2.44 bits per heavy atom. The Bertz CT molecular complexity index is 354. The molecule has 0 saturated carbocycles. The van der Waals surface area contributed by atoms with E-state index in [2.05, 4.69) is 68.1 Å². The number of hydrogen-bond donors (Lipinski definition) is 1. The molecular formula is C15H26BrNS. The minimum Gasteiger partial charge on any atom is -0.317 e. The predicted octanol–water partition coefficient (Wildman–Crippen LogP) is 5.10. The minimum atomic E-state index is 0.434. The smallest absolute Gasteiger partial charge is 0.0701 e. The number of rotatable bonds is 6. The Morgan fingerprint density at radius 1 is 1.33 bits per heavy atom. The van der Waals surface area contributed by atoms with Gasteiger partial charge in [-0.25, -0.2) is 0 Å². The van der Waals surface area contributed by atoms with Crippen molar-refractivity contribution in [2.75, 3.05) is 7.05 Å². The normalized spacial score (nSPS) is 15.7. The quantitative estimate of drug-likeness (QED) is 0.764. The highest BCUT2D eigenvalue weighted by atomic mass is 79.9. The number of hydrogen-bond acceptors (Lipinski definition) is 2. The lowest BCUT2D eigenvalue weighted by Gasteiger charge is -2.26. The molecule has 0 amide bonds. The van der Waals surface area contributed by atoms with Gasteiger partial charge in [0.15, 0.2) is 0 Å². The van der Waals surface area contributed by atoms with Crippen LogP contribution < -0.4 is 5.32 Å². The maximum Gasteiger partial charge on any atom is 0.0701 e. The van der Waals surface area contributed by atoms with Crippen LogP contribution in [0.25, 0.3) is 0 Å². The molecule has 2 unspecified atom stereocenters. The summed E-state index contributed by atoms with van der Waals surface area (Å²) in [7, 11) is 2.08. The van der Waals surface area contributed by atoms with Gasteiger partial charge in [-0.2, -0.15) is 0 Å². The molecule has 0 radical (unpaired) electrons. The van der Waals surface area contributed by atoms with E-state index in [9.17, 15) is 0 Å². The van der Waals surface area contributed by atoms with E-state index < -0.39 is 0 Å². The van der Waals surface area contributed by atoms with Crippen LogP contribution in [0.5, 0.6) is 0 Å². The van der Waals surface area contributed by atoms with Gasteiger partial charge in [-0.1, -0.05) is 27.7 Å². The van der Waals surface area contributed by atoms with E-state index in [4.69, 9.17) is 0 Å². The molecule has 18 heavy (non-hydrogen) atoms. The van der Waals surface area contributed by atoms with Gasteiger partial charge in [-0.3, -0.25) is 0 Å². The zero-order valence-corrected chi connectivity index (χ0v) is 14.6. The molecule has 3 heteroatoms. The van der Waals surface area contributed by atoms with Crippen LogP contribution in [-0.4, -0.2) is 13.1 Å². The molecule has 1 N–H and O–H groups in total. The Labute approximate surface area is 125 Å². The molecule has 1 rings (SSSR count). The molecule has 0 fully saturated rings. The number of likely N-dealkylation sites (N-methyl/N-ethyl adjacent to an activating group) is 1. The topological polar surface area (TPSA) is 12.0 Å². The van der Waals surface area contributed by atoms with Gasteiger partial charge < -0.3 is 5.32 Å². The number of thiophene rings is 1. The summed E-state index contributed by atoms with van der Waals surface area (Å²) >= 11 is 5.38.